The maximum absolute atomic E-state index is 13.3. The third-order valence-corrected chi connectivity index (χ3v) is 3.13. The van der Waals surface area contributed by atoms with Crippen LogP contribution in [0.4, 0.5) is 10.1 Å². The predicted molar refractivity (Wildman–Crippen MR) is 81.3 cm³/mol. The Hall–Kier alpha value is -2.07. The topological polar surface area (TPSA) is 38.3 Å². The van der Waals surface area contributed by atoms with E-state index >= 15 is 0 Å². The largest absolute Gasteiger partial charge is 0.490 e. The molecule has 0 radical (unpaired) electrons. The Morgan fingerprint density at radius 2 is 2.05 bits per heavy atom. The molecule has 0 aliphatic rings. The number of anilines is 1. The molecule has 0 aliphatic carbocycles. The second kappa shape index (κ2) is 7.09. The highest BCUT2D eigenvalue weighted by atomic mass is 35.5. The van der Waals surface area contributed by atoms with Gasteiger partial charge in [-0.1, -0.05) is 29.8 Å². The van der Waals surface area contributed by atoms with Crippen molar-refractivity contribution < 1.29 is 13.9 Å². The zero-order valence-electron chi connectivity index (χ0n) is 11.5. The number of aryl methyl sites for hydroxylation is 1. The fourth-order valence-corrected chi connectivity index (χ4v) is 1.93. The quantitative estimate of drug-likeness (QED) is 0.899. The van der Waals surface area contributed by atoms with Crippen LogP contribution >= 0.6 is 11.6 Å². The van der Waals surface area contributed by atoms with Crippen LogP contribution in [0.5, 0.6) is 5.75 Å². The van der Waals surface area contributed by atoms with Crippen LogP contribution in [0, 0.1) is 12.7 Å². The molecule has 0 saturated heterocycles. The molecule has 0 bridgehead atoms. The van der Waals surface area contributed by atoms with Crippen LogP contribution in [0.1, 0.15) is 12.0 Å². The highest BCUT2D eigenvalue weighted by molar-refractivity contribution is 6.31. The van der Waals surface area contributed by atoms with Gasteiger partial charge in [0, 0.05) is 10.7 Å². The van der Waals surface area contributed by atoms with Gasteiger partial charge in [-0.05, 0) is 36.8 Å². The zero-order chi connectivity index (χ0) is 15.2. The summed E-state index contributed by atoms with van der Waals surface area (Å²) in [4.78, 5) is 11.8. The SMILES string of the molecule is Cc1ccc(Cl)cc1NC(=O)CCOc1ccccc1F. The molecule has 3 nitrogen and oxygen atoms in total. The summed E-state index contributed by atoms with van der Waals surface area (Å²) < 4.78 is 18.6. The summed E-state index contributed by atoms with van der Waals surface area (Å²) in [5.74, 6) is -0.510. The van der Waals surface area contributed by atoms with E-state index in [0.717, 1.165) is 5.56 Å². The van der Waals surface area contributed by atoms with E-state index in [1.54, 1.807) is 24.3 Å². The average Bonchev–Trinajstić information content (AvgIpc) is 2.45. The molecule has 1 amide bonds. The highest BCUT2D eigenvalue weighted by Gasteiger charge is 2.07. The van der Waals surface area contributed by atoms with Crippen LogP contribution in [0.2, 0.25) is 5.02 Å². The molecular weight excluding hydrogens is 293 g/mol. The average molecular weight is 308 g/mol. The molecule has 0 saturated carbocycles. The summed E-state index contributed by atoms with van der Waals surface area (Å²) in [5, 5.41) is 3.31. The lowest BCUT2D eigenvalue weighted by Crippen LogP contribution is -2.16. The lowest BCUT2D eigenvalue weighted by atomic mass is 10.2. The van der Waals surface area contributed by atoms with Crippen molar-refractivity contribution in [2.75, 3.05) is 11.9 Å². The number of rotatable bonds is 5. The second-order valence-corrected chi connectivity index (χ2v) is 4.97. The van der Waals surface area contributed by atoms with Crippen molar-refractivity contribution >= 4 is 23.2 Å². The Morgan fingerprint density at radius 1 is 1.29 bits per heavy atom. The Bertz CT molecular complexity index is 646. The number of carbonyl (C=O) groups is 1. The highest BCUT2D eigenvalue weighted by Crippen LogP contribution is 2.20. The Balaban J connectivity index is 1.85. The van der Waals surface area contributed by atoms with Gasteiger partial charge in [-0.25, -0.2) is 4.39 Å². The molecular formula is C16H15ClFNO2. The van der Waals surface area contributed by atoms with Crippen LogP contribution in [0.3, 0.4) is 0 Å². The number of carbonyl (C=O) groups excluding carboxylic acids is 1. The van der Waals surface area contributed by atoms with Crippen molar-refractivity contribution in [3.05, 3.63) is 58.9 Å². The number of benzene rings is 2. The molecule has 2 aromatic rings. The number of hydrogen-bond acceptors (Lipinski definition) is 2. The maximum atomic E-state index is 13.3. The monoisotopic (exact) mass is 307 g/mol. The molecule has 21 heavy (non-hydrogen) atoms. The molecule has 0 aliphatic heterocycles. The van der Waals surface area contributed by atoms with E-state index in [2.05, 4.69) is 5.32 Å². The number of amides is 1. The third-order valence-electron chi connectivity index (χ3n) is 2.90. The molecule has 1 N–H and O–H groups in total. The van der Waals surface area contributed by atoms with Crippen molar-refractivity contribution in [1.29, 1.82) is 0 Å². The summed E-state index contributed by atoms with van der Waals surface area (Å²) in [7, 11) is 0. The van der Waals surface area contributed by atoms with E-state index in [1.165, 1.54) is 12.1 Å². The van der Waals surface area contributed by atoms with Gasteiger partial charge in [-0.15, -0.1) is 0 Å². The van der Waals surface area contributed by atoms with Crippen LogP contribution in [-0.2, 0) is 4.79 Å². The maximum Gasteiger partial charge on any atom is 0.227 e. The zero-order valence-corrected chi connectivity index (χ0v) is 12.3. The van der Waals surface area contributed by atoms with E-state index < -0.39 is 5.82 Å². The summed E-state index contributed by atoms with van der Waals surface area (Å²) >= 11 is 5.88. The van der Waals surface area contributed by atoms with Crippen molar-refractivity contribution in [3.63, 3.8) is 0 Å². The van der Waals surface area contributed by atoms with E-state index in [1.807, 2.05) is 13.0 Å². The van der Waals surface area contributed by atoms with Gasteiger partial charge in [0.05, 0.1) is 13.0 Å². The molecule has 5 heteroatoms. The molecule has 0 heterocycles. The number of ether oxygens (including phenoxy) is 1. The summed E-state index contributed by atoms with van der Waals surface area (Å²) in [6, 6.07) is 11.4. The van der Waals surface area contributed by atoms with Crippen molar-refractivity contribution in [1.82, 2.24) is 0 Å². The van der Waals surface area contributed by atoms with Gasteiger partial charge in [-0.2, -0.15) is 0 Å². The van der Waals surface area contributed by atoms with Crippen LogP contribution in [-0.4, -0.2) is 12.5 Å². The van der Waals surface area contributed by atoms with Gasteiger partial charge in [0.1, 0.15) is 0 Å². The molecule has 110 valence electrons. The van der Waals surface area contributed by atoms with Crippen LogP contribution in [0.15, 0.2) is 42.5 Å². The smallest absolute Gasteiger partial charge is 0.227 e. The fourth-order valence-electron chi connectivity index (χ4n) is 1.76. The number of para-hydroxylation sites is 1. The fraction of sp³-hybridized carbons (Fsp3) is 0.188. The Labute approximate surface area is 127 Å². The van der Waals surface area contributed by atoms with E-state index in [-0.39, 0.29) is 24.7 Å². The van der Waals surface area contributed by atoms with Crippen molar-refractivity contribution in [2.24, 2.45) is 0 Å². The third kappa shape index (κ3) is 4.46. The lowest BCUT2D eigenvalue weighted by Gasteiger charge is -2.10. The standard InChI is InChI=1S/C16H15ClFNO2/c1-11-6-7-12(17)10-14(11)19-16(20)8-9-21-15-5-3-2-4-13(15)18/h2-7,10H,8-9H2,1H3,(H,19,20). The minimum Gasteiger partial charge on any atom is -0.490 e. The van der Waals surface area contributed by atoms with Gasteiger partial charge in [0.2, 0.25) is 5.91 Å². The first-order chi connectivity index (χ1) is 10.1. The Kier molecular flexibility index (Phi) is 5.17. The van der Waals surface area contributed by atoms with Gasteiger partial charge >= 0.3 is 0 Å². The molecule has 2 aromatic carbocycles. The van der Waals surface area contributed by atoms with E-state index in [0.29, 0.717) is 10.7 Å². The summed E-state index contributed by atoms with van der Waals surface area (Å²) in [5.41, 5.74) is 1.58. The first-order valence-corrected chi connectivity index (χ1v) is 6.87. The molecule has 0 aromatic heterocycles. The summed E-state index contributed by atoms with van der Waals surface area (Å²) in [6.07, 6.45) is 0.125. The van der Waals surface area contributed by atoms with Crippen molar-refractivity contribution in [2.45, 2.75) is 13.3 Å². The first kappa shape index (κ1) is 15.3. The molecule has 0 unspecified atom stereocenters. The predicted octanol–water partition coefficient (Wildman–Crippen LogP) is 4.20. The van der Waals surface area contributed by atoms with Crippen molar-refractivity contribution in [3.8, 4) is 5.75 Å². The number of halogens is 2. The molecule has 0 fully saturated rings. The van der Waals surface area contributed by atoms with Gasteiger partial charge < -0.3 is 10.1 Å². The van der Waals surface area contributed by atoms with Gasteiger partial charge in [0.15, 0.2) is 11.6 Å². The minimum absolute atomic E-state index is 0.104. The van der Waals surface area contributed by atoms with Crippen LogP contribution in [0.25, 0.3) is 0 Å². The van der Waals surface area contributed by atoms with Gasteiger partial charge in [-0.3, -0.25) is 4.79 Å². The lowest BCUT2D eigenvalue weighted by molar-refractivity contribution is -0.116. The molecule has 0 atom stereocenters. The van der Waals surface area contributed by atoms with E-state index in [4.69, 9.17) is 16.3 Å². The normalized spacial score (nSPS) is 10.2. The number of hydrogen-bond donors (Lipinski definition) is 1. The number of nitrogens with one attached hydrogen (secondary N) is 1. The van der Waals surface area contributed by atoms with Crippen LogP contribution < -0.4 is 10.1 Å². The second-order valence-electron chi connectivity index (χ2n) is 4.54. The minimum atomic E-state index is -0.441. The van der Waals surface area contributed by atoms with Gasteiger partial charge in [0.25, 0.3) is 0 Å². The molecule has 2 rings (SSSR count). The first-order valence-electron chi connectivity index (χ1n) is 6.49. The molecule has 0 spiro atoms. The summed E-state index contributed by atoms with van der Waals surface area (Å²) in [6.45, 7) is 1.98. The van der Waals surface area contributed by atoms with E-state index in [9.17, 15) is 9.18 Å². The Morgan fingerprint density at radius 3 is 2.81 bits per heavy atom.